The van der Waals surface area contributed by atoms with Crippen LogP contribution in [0.3, 0.4) is 0 Å². The molecule has 1 saturated carbocycles. The van der Waals surface area contributed by atoms with Gasteiger partial charge in [0, 0.05) is 17.6 Å². The zero-order valence-corrected chi connectivity index (χ0v) is 16.2. The van der Waals surface area contributed by atoms with Crippen molar-refractivity contribution in [1.29, 1.82) is 0 Å². The standard InChI is InChI=1S/C17H21ClN4OS2/c18-13-8-6-12(7-9-13)10-19-15(23)11-24-17-22-21-16(25-17)20-14-4-2-1-3-5-14/h6-9,14H,1-5,10-11H2,(H,19,23)(H,20,21). The Bertz CT molecular complexity index is 686. The van der Waals surface area contributed by atoms with Gasteiger partial charge in [-0.2, -0.15) is 0 Å². The van der Waals surface area contributed by atoms with E-state index in [2.05, 4.69) is 20.8 Å². The summed E-state index contributed by atoms with van der Waals surface area (Å²) in [5.74, 6) is 0.322. The molecule has 1 aliphatic carbocycles. The Hall–Kier alpha value is -1.31. The lowest BCUT2D eigenvalue weighted by molar-refractivity contribution is -0.118. The summed E-state index contributed by atoms with van der Waals surface area (Å²) in [6.07, 6.45) is 6.31. The van der Waals surface area contributed by atoms with Crippen LogP contribution in [0.4, 0.5) is 5.13 Å². The quantitative estimate of drug-likeness (QED) is 0.681. The van der Waals surface area contributed by atoms with Crippen molar-refractivity contribution in [1.82, 2.24) is 15.5 Å². The highest BCUT2D eigenvalue weighted by molar-refractivity contribution is 8.01. The number of halogens is 1. The normalized spacial score (nSPS) is 15.1. The Morgan fingerprint density at radius 1 is 1.20 bits per heavy atom. The van der Waals surface area contributed by atoms with Crippen LogP contribution in [0.1, 0.15) is 37.7 Å². The molecule has 3 rings (SSSR count). The van der Waals surface area contributed by atoms with Crippen molar-refractivity contribution >= 4 is 45.7 Å². The Kier molecular flexibility index (Phi) is 6.95. The number of hydrogen-bond donors (Lipinski definition) is 2. The molecule has 1 aliphatic rings. The van der Waals surface area contributed by atoms with Crippen LogP contribution in [0.5, 0.6) is 0 Å². The Balaban J connectivity index is 1.39. The van der Waals surface area contributed by atoms with Gasteiger partial charge in [-0.3, -0.25) is 4.79 Å². The number of carbonyl (C=O) groups is 1. The Morgan fingerprint density at radius 2 is 1.96 bits per heavy atom. The molecule has 1 fully saturated rings. The number of benzene rings is 1. The highest BCUT2D eigenvalue weighted by Gasteiger charge is 2.15. The van der Waals surface area contributed by atoms with E-state index in [-0.39, 0.29) is 5.91 Å². The van der Waals surface area contributed by atoms with Crippen molar-refractivity contribution in [2.24, 2.45) is 0 Å². The number of aromatic nitrogens is 2. The van der Waals surface area contributed by atoms with E-state index < -0.39 is 0 Å². The number of anilines is 1. The first kappa shape index (κ1) is 18.5. The molecule has 1 heterocycles. The van der Waals surface area contributed by atoms with Gasteiger partial charge in [0.25, 0.3) is 0 Å². The summed E-state index contributed by atoms with van der Waals surface area (Å²) in [7, 11) is 0. The maximum atomic E-state index is 12.0. The number of hydrogen-bond acceptors (Lipinski definition) is 6. The highest BCUT2D eigenvalue weighted by atomic mass is 35.5. The number of nitrogens with one attached hydrogen (secondary N) is 2. The molecule has 134 valence electrons. The van der Waals surface area contributed by atoms with E-state index in [0.717, 1.165) is 15.0 Å². The molecule has 2 aromatic rings. The summed E-state index contributed by atoms with van der Waals surface area (Å²) in [6, 6.07) is 7.97. The fourth-order valence-electron chi connectivity index (χ4n) is 2.73. The van der Waals surface area contributed by atoms with Crippen LogP contribution in [-0.4, -0.2) is 27.9 Å². The van der Waals surface area contributed by atoms with Crippen molar-refractivity contribution in [3.8, 4) is 0 Å². The summed E-state index contributed by atoms with van der Waals surface area (Å²) in [5, 5.41) is 16.2. The summed E-state index contributed by atoms with van der Waals surface area (Å²) >= 11 is 8.79. The first-order chi connectivity index (χ1) is 12.2. The van der Waals surface area contributed by atoms with E-state index in [1.165, 1.54) is 55.2 Å². The van der Waals surface area contributed by atoms with Crippen LogP contribution in [0.2, 0.25) is 5.02 Å². The molecule has 0 spiro atoms. The SMILES string of the molecule is O=C(CSc1nnc(NC2CCCCC2)s1)NCc1ccc(Cl)cc1. The minimum absolute atomic E-state index is 0.0167. The molecule has 5 nitrogen and oxygen atoms in total. The first-order valence-corrected chi connectivity index (χ1v) is 10.6. The fraction of sp³-hybridized carbons (Fsp3) is 0.471. The zero-order chi connectivity index (χ0) is 17.5. The minimum Gasteiger partial charge on any atom is -0.357 e. The number of nitrogens with zero attached hydrogens (tertiary/aromatic N) is 2. The molecule has 0 unspecified atom stereocenters. The van der Waals surface area contributed by atoms with Crippen LogP contribution < -0.4 is 10.6 Å². The number of amides is 1. The van der Waals surface area contributed by atoms with E-state index in [4.69, 9.17) is 11.6 Å². The van der Waals surface area contributed by atoms with Crippen molar-refractivity contribution in [3.63, 3.8) is 0 Å². The molecule has 1 amide bonds. The molecule has 25 heavy (non-hydrogen) atoms. The third kappa shape index (κ3) is 6.17. The molecule has 1 aromatic carbocycles. The van der Waals surface area contributed by atoms with E-state index in [1.54, 1.807) is 0 Å². The second-order valence-electron chi connectivity index (χ2n) is 6.04. The molecule has 0 radical (unpaired) electrons. The van der Waals surface area contributed by atoms with Crippen LogP contribution in [-0.2, 0) is 11.3 Å². The van der Waals surface area contributed by atoms with Gasteiger partial charge in [-0.15, -0.1) is 10.2 Å². The van der Waals surface area contributed by atoms with Gasteiger partial charge in [0.2, 0.25) is 11.0 Å². The lowest BCUT2D eigenvalue weighted by Gasteiger charge is -2.21. The van der Waals surface area contributed by atoms with Gasteiger partial charge in [0.15, 0.2) is 4.34 Å². The van der Waals surface area contributed by atoms with E-state index in [0.29, 0.717) is 23.4 Å². The van der Waals surface area contributed by atoms with Gasteiger partial charge in [-0.1, -0.05) is 66.1 Å². The van der Waals surface area contributed by atoms with Crippen LogP contribution >= 0.6 is 34.7 Å². The van der Waals surface area contributed by atoms with Gasteiger partial charge in [0.1, 0.15) is 0 Å². The highest BCUT2D eigenvalue weighted by Crippen LogP contribution is 2.28. The van der Waals surface area contributed by atoms with E-state index in [1.807, 2.05) is 24.3 Å². The molecule has 0 atom stereocenters. The fourth-order valence-corrected chi connectivity index (χ4v) is 4.51. The third-order valence-electron chi connectivity index (χ3n) is 4.07. The lowest BCUT2D eigenvalue weighted by atomic mass is 9.96. The lowest BCUT2D eigenvalue weighted by Crippen LogP contribution is -2.24. The molecule has 8 heteroatoms. The second kappa shape index (κ2) is 9.40. The molecule has 0 saturated heterocycles. The maximum Gasteiger partial charge on any atom is 0.230 e. The first-order valence-electron chi connectivity index (χ1n) is 8.43. The van der Waals surface area contributed by atoms with Crippen LogP contribution in [0.15, 0.2) is 28.6 Å². The van der Waals surface area contributed by atoms with Gasteiger partial charge in [-0.05, 0) is 30.5 Å². The van der Waals surface area contributed by atoms with E-state index >= 15 is 0 Å². The number of rotatable bonds is 7. The topological polar surface area (TPSA) is 66.9 Å². The second-order valence-corrected chi connectivity index (χ2v) is 8.68. The molecule has 0 aliphatic heterocycles. The smallest absolute Gasteiger partial charge is 0.230 e. The zero-order valence-electron chi connectivity index (χ0n) is 13.8. The van der Waals surface area contributed by atoms with Crippen molar-refractivity contribution in [2.75, 3.05) is 11.1 Å². The number of carbonyl (C=O) groups excluding carboxylic acids is 1. The average Bonchev–Trinajstić information content (AvgIpc) is 3.08. The van der Waals surface area contributed by atoms with Crippen LogP contribution in [0, 0.1) is 0 Å². The van der Waals surface area contributed by atoms with Gasteiger partial charge >= 0.3 is 0 Å². The van der Waals surface area contributed by atoms with Crippen molar-refractivity contribution in [2.45, 2.75) is 49.0 Å². The third-order valence-corrected chi connectivity index (χ3v) is 6.31. The number of thioether (sulfide) groups is 1. The Labute approximate surface area is 161 Å². The average molecular weight is 397 g/mol. The summed E-state index contributed by atoms with van der Waals surface area (Å²) in [5.41, 5.74) is 1.03. The molecule has 2 N–H and O–H groups in total. The monoisotopic (exact) mass is 396 g/mol. The predicted molar refractivity (Wildman–Crippen MR) is 104 cm³/mol. The Morgan fingerprint density at radius 3 is 2.72 bits per heavy atom. The predicted octanol–water partition coefficient (Wildman–Crippen LogP) is 4.34. The molecule has 1 aromatic heterocycles. The molecular formula is C17H21ClN4OS2. The van der Waals surface area contributed by atoms with Crippen molar-refractivity contribution < 1.29 is 4.79 Å². The summed E-state index contributed by atoms with van der Waals surface area (Å²) < 4.78 is 0.819. The molecule has 0 bridgehead atoms. The van der Waals surface area contributed by atoms with E-state index in [9.17, 15) is 4.79 Å². The molecular weight excluding hydrogens is 376 g/mol. The maximum absolute atomic E-state index is 12.0. The van der Waals surface area contributed by atoms with Crippen LogP contribution in [0.25, 0.3) is 0 Å². The largest absolute Gasteiger partial charge is 0.357 e. The van der Waals surface area contributed by atoms with Crippen molar-refractivity contribution in [3.05, 3.63) is 34.9 Å². The summed E-state index contributed by atoms with van der Waals surface area (Å²) in [4.78, 5) is 12.0. The van der Waals surface area contributed by atoms with Gasteiger partial charge < -0.3 is 10.6 Å². The minimum atomic E-state index is -0.0167. The van der Waals surface area contributed by atoms with Gasteiger partial charge in [0.05, 0.1) is 5.75 Å². The summed E-state index contributed by atoms with van der Waals surface area (Å²) in [6.45, 7) is 0.501. The van der Waals surface area contributed by atoms with Gasteiger partial charge in [-0.25, -0.2) is 0 Å².